The van der Waals surface area contributed by atoms with E-state index in [9.17, 15) is 10.2 Å². The summed E-state index contributed by atoms with van der Waals surface area (Å²) in [5, 5.41) is 22.3. The lowest BCUT2D eigenvalue weighted by molar-refractivity contribution is -0.114. The van der Waals surface area contributed by atoms with E-state index in [4.69, 9.17) is 25.8 Å². The van der Waals surface area contributed by atoms with Crippen molar-refractivity contribution in [3.8, 4) is 0 Å². The van der Waals surface area contributed by atoms with E-state index in [1.54, 1.807) is 11.5 Å². The van der Waals surface area contributed by atoms with Crippen LogP contribution in [-0.2, 0) is 33.8 Å². The number of ether oxygens (including phenoxy) is 3. The van der Waals surface area contributed by atoms with Gasteiger partial charge in [0.05, 0.1) is 25.2 Å². The fourth-order valence-corrected chi connectivity index (χ4v) is 5.13. The SMILES string of the molecule is C[C@]1(O)C(n2cc(CCO)c3c(Cl)ncnc32)O[C@H](COCc2ccccc2)[C@H]1OCc1ccccc1. The van der Waals surface area contributed by atoms with Gasteiger partial charge in [-0.1, -0.05) is 72.3 Å². The number of fused-ring (bicyclic) bond motifs is 1. The summed E-state index contributed by atoms with van der Waals surface area (Å²) in [5.41, 5.74) is 1.88. The number of halogens is 1. The van der Waals surface area contributed by atoms with Crippen molar-refractivity contribution in [3.05, 3.63) is 95.0 Å². The van der Waals surface area contributed by atoms with Crippen LogP contribution in [-0.4, -0.2) is 55.8 Å². The van der Waals surface area contributed by atoms with Gasteiger partial charge in [0.25, 0.3) is 0 Å². The van der Waals surface area contributed by atoms with Gasteiger partial charge in [-0.05, 0) is 30.0 Å². The van der Waals surface area contributed by atoms with Crippen LogP contribution in [0.25, 0.3) is 11.0 Å². The third-order valence-electron chi connectivity index (χ3n) is 6.66. The monoisotopic (exact) mass is 523 g/mol. The Morgan fingerprint density at radius 3 is 2.38 bits per heavy atom. The molecule has 0 aliphatic carbocycles. The van der Waals surface area contributed by atoms with Crippen LogP contribution in [0.3, 0.4) is 0 Å². The highest BCUT2D eigenvalue weighted by Crippen LogP contribution is 2.43. The summed E-state index contributed by atoms with van der Waals surface area (Å²) in [6, 6.07) is 19.7. The van der Waals surface area contributed by atoms with Crippen molar-refractivity contribution in [2.45, 2.75) is 50.6 Å². The maximum absolute atomic E-state index is 11.8. The molecule has 194 valence electrons. The average molecular weight is 524 g/mol. The second-order valence-corrected chi connectivity index (χ2v) is 9.73. The first-order valence-electron chi connectivity index (χ1n) is 12.2. The van der Waals surface area contributed by atoms with Crippen molar-refractivity contribution in [1.29, 1.82) is 0 Å². The number of nitrogens with zero attached hydrogens (tertiary/aromatic N) is 3. The molecule has 0 radical (unpaired) electrons. The second-order valence-electron chi connectivity index (χ2n) is 9.37. The topological polar surface area (TPSA) is 98.9 Å². The van der Waals surface area contributed by atoms with E-state index < -0.39 is 24.0 Å². The maximum atomic E-state index is 11.8. The van der Waals surface area contributed by atoms with Crippen LogP contribution in [0.15, 0.2) is 73.2 Å². The second kappa shape index (κ2) is 11.3. The van der Waals surface area contributed by atoms with Crippen LogP contribution in [0.4, 0.5) is 0 Å². The first-order valence-corrected chi connectivity index (χ1v) is 12.6. The highest BCUT2D eigenvalue weighted by molar-refractivity contribution is 6.34. The molecule has 1 saturated heterocycles. The molecule has 5 rings (SSSR count). The summed E-state index contributed by atoms with van der Waals surface area (Å²) in [5.74, 6) is 0. The Kier molecular flexibility index (Phi) is 7.85. The highest BCUT2D eigenvalue weighted by Gasteiger charge is 2.55. The Bertz CT molecular complexity index is 1320. The molecule has 9 heteroatoms. The Hall–Kier alpha value is -2.85. The average Bonchev–Trinajstić information content (AvgIpc) is 3.38. The highest BCUT2D eigenvalue weighted by atomic mass is 35.5. The molecule has 4 aromatic rings. The molecule has 0 amide bonds. The van der Waals surface area contributed by atoms with Crippen molar-refractivity contribution in [1.82, 2.24) is 14.5 Å². The largest absolute Gasteiger partial charge is 0.396 e. The van der Waals surface area contributed by atoms with Gasteiger partial charge >= 0.3 is 0 Å². The molecule has 2 N–H and O–H groups in total. The Morgan fingerprint density at radius 2 is 1.70 bits per heavy atom. The minimum atomic E-state index is -1.44. The standard InChI is InChI=1S/C28H30ClN3O5/c1-28(34)24(36-16-20-10-6-3-7-11-20)22(17-35-15-19-8-4-2-5-9-19)37-27(28)32-14-21(12-13-33)23-25(29)30-18-31-26(23)32/h2-11,14,18,22,24,27,33-34H,12-13,15-17H2,1H3/t22-,24-,27?,28-/m1/s1. The van der Waals surface area contributed by atoms with Gasteiger partial charge in [-0.3, -0.25) is 0 Å². The molecule has 1 aliphatic rings. The third kappa shape index (κ3) is 5.40. The van der Waals surface area contributed by atoms with Gasteiger partial charge in [0.2, 0.25) is 0 Å². The molecule has 3 heterocycles. The van der Waals surface area contributed by atoms with Crippen LogP contribution in [0.5, 0.6) is 0 Å². The number of rotatable bonds is 10. The van der Waals surface area contributed by atoms with Crippen molar-refractivity contribution in [2.24, 2.45) is 0 Å². The van der Waals surface area contributed by atoms with E-state index in [0.717, 1.165) is 16.7 Å². The first kappa shape index (κ1) is 25.8. The smallest absolute Gasteiger partial charge is 0.167 e. The zero-order valence-corrected chi connectivity index (χ0v) is 21.3. The molecule has 0 bridgehead atoms. The summed E-state index contributed by atoms with van der Waals surface area (Å²) in [4.78, 5) is 8.52. The lowest BCUT2D eigenvalue weighted by atomic mass is 9.96. The fourth-order valence-electron chi connectivity index (χ4n) is 4.88. The number of aromatic nitrogens is 3. The molecule has 1 fully saturated rings. The minimum absolute atomic E-state index is 0.0645. The summed E-state index contributed by atoms with van der Waals surface area (Å²) in [7, 11) is 0. The normalized spacial score (nSPS) is 23.6. The minimum Gasteiger partial charge on any atom is -0.396 e. The number of hydrogen-bond donors (Lipinski definition) is 2. The Labute approximate surface area is 220 Å². The van der Waals surface area contributed by atoms with Crippen LogP contribution in [0.1, 0.15) is 29.8 Å². The Morgan fingerprint density at radius 1 is 1.03 bits per heavy atom. The van der Waals surface area contributed by atoms with Gasteiger partial charge in [0.1, 0.15) is 34.9 Å². The van der Waals surface area contributed by atoms with Crippen LogP contribution >= 0.6 is 11.6 Å². The molecule has 0 spiro atoms. The van der Waals surface area contributed by atoms with E-state index in [2.05, 4.69) is 9.97 Å². The predicted molar refractivity (Wildman–Crippen MR) is 139 cm³/mol. The molecule has 4 atom stereocenters. The molecule has 8 nitrogen and oxygen atoms in total. The summed E-state index contributed by atoms with van der Waals surface area (Å²) in [6.45, 7) is 2.58. The van der Waals surface area contributed by atoms with Crippen molar-refractivity contribution >= 4 is 22.6 Å². The molecule has 2 aromatic heterocycles. The third-order valence-corrected chi connectivity index (χ3v) is 6.95. The molecule has 0 saturated carbocycles. The van der Waals surface area contributed by atoms with E-state index in [1.807, 2.05) is 66.9 Å². The zero-order chi connectivity index (χ0) is 25.8. The summed E-state index contributed by atoms with van der Waals surface area (Å²) in [6.07, 6.45) is 1.47. The zero-order valence-electron chi connectivity index (χ0n) is 20.5. The van der Waals surface area contributed by atoms with Crippen molar-refractivity contribution in [2.75, 3.05) is 13.2 Å². The fraction of sp³-hybridized carbons (Fsp3) is 0.357. The van der Waals surface area contributed by atoms with Crippen molar-refractivity contribution < 1.29 is 24.4 Å². The van der Waals surface area contributed by atoms with Gasteiger partial charge in [-0.2, -0.15) is 0 Å². The number of benzene rings is 2. The number of hydrogen-bond acceptors (Lipinski definition) is 7. The molecule has 1 aliphatic heterocycles. The molecular formula is C28H30ClN3O5. The first-order chi connectivity index (χ1) is 18.0. The van der Waals surface area contributed by atoms with E-state index in [0.29, 0.717) is 30.7 Å². The predicted octanol–water partition coefficient (Wildman–Crippen LogP) is 4.07. The van der Waals surface area contributed by atoms with E-state index >= 15 is 0 Å². The van der Waals surface area contributed by atoms with Gasteiger partial charge in [-0.15, -0.1) is 0 Å². The van der Waals surface area contributed by atoms with Gasteiger partial charge < -0.3 is 29.0 Å². The van der Waals surface area contributed by atoms with Gasteiger partial charge in [0.15, 0.2) is 6.23 Å². The lowest BCUT2D eigenvalue weighted by Crippen LogP contribution is -2.46. The molecule has 1 unspecified atom stereocenters. The summed E-state index contributed by atoms with van der Waals surface area (Å²) < 4.78 is 20.5. The quantitative estimate of drug-likeness (QED) is 0.302. The van der Waals surface area contributed by atoms with Gasteiger partial charge in [-0.25, -0.2) is 9.97 Å². The van der Waals surface area contributed by atoms with Gasteiger partial charge in [0, 0.05) is 12.8 Å². The molecule has 37 heavy (non-hydrogen) atoms. The lowest BCUT2D eigenvalue weighted by Gasteiger charge is -2.30. The van der Waals surface area contributed by atoms with Crippen LogP contribution in [0.2, 0.25) is 5.15 Å². The van der Waals surface area contributed by atoms with Crippen molar-refractivity contribution in [3.63, 3.8) is 0 Å². The number of aliphatic hydroxyl groups is 2. The van der Waals surface area contributed by atoms with Crippen LogP contribution in [0, 0.1) is 0 Å². The maximum Gasteiger partial charge on any atom is 0.167 e. The van der Waals surface area contributed by atoms with Crippen LogP contribution < -0.4 is 0 Å². The Balaban J connectivity index is 1.44. The molecule has 2 aromatic carbocycles. The van der Waals surface area contributed by atoms with E-state index in [-0.39, 0.29) is 18.4 Å². The number of aliphatic hydroxyl groups excluding tert-OH is 1. The summed E-state index contributed by atoms with van der Waals surface area (Å²) >= 11 is 6.40. The molecular weight excluding hydrogens is 494 g/mol. The van der Waals surface area contributed by atoms with E-state index in [1.165, 1.54) is 6.33 Å².